The predicted octanol–water partition coefficient (Wildman–Crippen LogP) is 2.71. The summed E-state index contributed by atoms with van der Waals surface area (Å²) in [6.45, 7) is 6.10. The van der Waals surface area contributed by atoms with Gasteiger partial charge in [-0.05, 0) is 23.5 Å². The highest BCUT2D eigenvalue weighted by Crippen LogP contribution is 2.42. The highest BCUT2D eigenvalue weighted by atomic mass is 16.2. The largest absolute Gasteiger partial charge is 0.342 e. The number of benzene rings is 1. The third-order valence-electron chi connectivity index (χ3n) is 5.40. The number of fused-ring (bicyclic) bond motifs is 1. The van der Waals surface area contributed by atoms with E-state index in [0.29, 0.717) is 17.5 Å². The maximum absolute atomic E-state index is 12.8. The van der Waals surface area contributed by atoms with Crippen LogP contribution in [-0.4, -0.2) is 43.5 Å². The Labute approximate surface area is 152 Å². The molecule has 134 valence electrons. The van der Waals surface area contributed by atoms with Gasteiger partial charge in [-0.3, -0.25) is 4.79 Å². The van der Waals surface area contributed by atoms with Crippen LogP contribution < -0.4 is 0 Å². The van der Waals surface area contributed by atoms with Gasteiger partial charge < -0.3 is 4.90 Å². The first-order valence-electron chi connectivity index (χ1n) is 9.02. The van der Waals surface area contributed by atoms with Crippen LogP contribution in [0.15, 0.2) is 48.8 Å². The molecule has 1 fully saturated rings. The van der Waals surface area contributed by atoms with E-state index in [1.165, 1.54) is 5.56 Å². The Hall–Kier alpha value is -2.76. The molecule has 0 radical (unpaired) electrons. The fourth-order valence-corrected chi connectivity index (χ4v) is 3.72. The minimum Gasteiger partial charge on any atom is -0.342 e. The van der Waals surface area contributed by atoms with Gasteiger partial charge in [-0.1, -0.05) is 44.2 Å². The highest BCUT2D eigenvalue weighted by Gasteiger charge is 2.38. The van der Waals surface area contributed by atoms with E-state index in [9.17, 15) is 4.79 Å². The lowest BCUT2D eigenvalue weighted by Crippen LogP contribution is -2.46. The summed E-state index contributed by atoms with van der Waals surface area (Å²) < 4.78 is 1.61. The van der Waals surface area contributed by atoms with Gasteiger partial charge in [-0.25, -0.2) is 9.50 Å². The minimum absolute atomic E-state index is 0.0809. The van der Waals surface area contributed by atoms with Crippen molar-refractivity contribution in [2.45, 2.75) is 32.6 Å². The Morgan fingerprint density at radius 2 is 2.04 bits per heavy atom. The van der Waals surface area contributed by atoms with Crippen LogP contribution in [0.4, 0.5) is 0 Å². The number of rotatable bonds is 3. The van der Waals surface area contributed by atoms with E-state index in [2.05, 4.69) is 53.2 Å². The quantitative estimate of drug-likeness (QED) is 0.729. The van der Waals surface area contributed by atoms with Gasteiger partial charge in [-0.2, -0.15) is 4.98 Å². The number of likely N-dealkylation sites (tertiary alicyclic amines) is 1. The molecule has 2 aromatic heterocycles. The van der Waals surface area contributed by atoms with Gasteiger partial charge in [0.2, 0.25) is 5.91 Å². The molecule has 1 unspecified atom stereocenters. The molecule has 6 heteroatoms. The molecule has 0 N–H and O–H groups in total. The second kappa shape index (κ2) is 6.52. The topological polar surface area (TPSA) is 63.4 Å². The van der Waals surface area contributed by atoms with Crippen molar-refractivity contribution in [3.05, 3.63) is 60.2 Å². The van der Waals surface area contributed by atoms with Crippen molar-refractivity contribution in [1.29, 1.82) is 0 Å². The third-order valence-corrected chi connectivity index (χ3v) is 5.40. The van der Waals surface area contributed by atoms with Crippen molar-refractivity contribution < 1.29 is 4.79 Å². The second-order valence-corrected chi connectivity index (χ2v) is 7.61. The van der Waals surface area contributed by atoms with Gasteiger partial charge in [0.15, 0.2) is 5.82 Å². The van der Waals surface area contributed by atoms with E-state index in [4.69, 9.17) is 0 Å². The zero-order valence-electron chi connectivity index (χ0n) is 15.2. The predicted molar refractivity (Wildman–Crippen MR) is 98.6 cm³/mol. The number of piperidine rings is 1. The van der Waals surface area contributed by atoms with Crippen molar-refractivity contribution in [3.8, 4) is 0 Å². The molecule has 0 saturated carbocycles. The van der Waals surface area contributed by atoms with Crippen molar-refractivity contribution in [2.75, 3.05) is 13.1 Å². The van der Waals surface area contributed by atoms with Crippen LogP contribution in [0.25, 0.3) is 5.78 Å². The van der Waals surface area contributed by atoms with Crippen molar-refractivity contribution in [1.82, 2.24) is 24.5 Å². The van der Waals surface area contributed by atoms with Crippen molar-refractivity contribution >= 4 is 11.7 Å². The average Bonchev–Trinajstić information content (AvgIpc) is 3.04. The molecule has 0 aliphatic carbocycles. The van der Waals surface area contributed by atoms with Gasteiger partial charge in [0.05, 0.1) is 6.42 Å². The summed E-state index contributed by atoms with van der Waals surface area (Å²) in [5.41, 5.74) is 1.47. The van der Waals surface area contributed by atoms with E-state index >= 15 is 0 Å². The van der Waals surface area contributed by atoms with Gasteiger partial charge >= 0.3 is 0 Å². The number of aromatic nitrogens is 4. The molecule has 0 spiro atoms. The molecule has 4 rings (SSSR count). The molecule has 26 heavy (non-hydrogen) atoms. The van der Waals surface area contributed by atoms with Crippen molar-refractivity contribution in [3.63, 3.8) is 0 Å². The number of carbonyl (C=O) groups is 1. The summed E-state index contributed by atoms with van der Waals surface area (Å²) >= 11 is 0. The summed E-state index contributed by atoms with van der Waals surface area (Å²) in [6, 6.07) is 12.3. The van der Waals surface area contributed by atoms with E-state index in [-0.39, 0.29) is 17.7 Å². The third kappa shape index (κ3) is 3.19. The molecule has 1 aliphatic rings. The molecule has 1 aromatic carbocycles. The van der Waals surface area contributed by atoms with E-state index in [1.54, 1.807) is 23.0 Å². The monoisotopic (exact) mass is 349 g/mol. The number of hydrogen-bond acceptors (Lipinski definition) is 4. The van der Waals surface area contributed by atoms with Gasteiger partial charge in [0.25, 0.3) is 5.78 Å². The molecule has 3 heterocycles. The Morgan fingerprint density at radius 1 is 1.23 bits per heavy atom. The summed E-state index contributed by atoms with van der Waals surface area (Å²) in [7, 11) is 0. The maximum Gasteiger partial charge on any atom is 0.252 e. The van der Waals surface area contributed by atoms with Crippen LogP contribution in [0.2, 0.25) is 0 Å². The Bertz CT molecular complexity index is 885. The molecule has 3 aromatic rings. The number of carbonyl (C=O) groups excluding carboxylic acids is 1. The van der Waals surface area contributed by atoms with Gasteiger partial charge in [-0.15, -0.1) is 5.10 Å². The number of hydrogen-bond donors (Lipinski definition) is 0. The van der Waals surface area contributed by atoms with Crippen LogP contribution in [0.3, 0.4) is 0 Å². The SMILES string of the molecule is CC1(C)CCN(C(=O)Cc2nc3ncccn3n2)CC1c1ccccc1. The fraction of sp³-hybridized carbons (Fsp3) is 0.400. The highest BCUT2D eigenvalue weighted by molar-refractivity contribution is 5.78. The molecule has 1 amide bonds. The zero-order chi connectivity index (χ0) is 18.1. The standard InChI is InChI=1S/C20H23N5O/c1-20(2)9-12-24(14-16(20)15-7-4-3-5-8-15)18(26)13-17-22-19-21-10-6-11-25(19)23-17/h3-8,10-11,16H,9,12-14H2,1-2H3. The molecular weight excluding hydrogens is 326 g/mol. The van der Waals surface area contributed by atoms with E-state index in [0.717, 1.165) is 19.5 Å². The zero-order valence-corrected chi connectivity index (χ0v) is 15.2. The lowest BCUT2D eigenvalue weighted by Gasteiger charge is -2.44. The smallest absolute Gasteiger partial charge is 0.252 e. The van der Waals surface area contributed by atoms with Crippen molar-refractivity contribution in [2.24, 2.45) is 5.41 Å². The maximum atomic E-state index is 12.8. The van der Waals surface area contributed by atoms with E-state index in [1.807, 2.05) is 11.0 Å². The average molecular weight is 349 g/mol. The first kappa shape index (κ1) is 16.7. The van der Waals surface area contributed by atoms with Gasteiger partial charge in [0, 0.05) is 31.4 Å². The lowest BCUT2D eigenvalue weighted by molar-refractivity contribution is -0.133. The summed E-state index contributed by atoms with van der Waals surface area (Å²) in [5.74, 6) is 1.46. The first-order valence-corrected chi connectivity index (χ1v) is 9.02. The lowest BCUT2D eigenvalue weighted by atomic mass is 9.70. The summed E-state index contributed by atoms with van der Waals surface area (Å²) in [6.07, 6.45) is 4.66. The van der Waals surface area contributed by atoms with Crippen LogP contribution in [0.5, 0.6) is 0 Å². The minimum atomic E-state index is 0.0809. The summed E-state index contributed by atoms with van der Waals surface area (Å²) in [5, 5.41) is 4.35. The number of amides is 1. The van der Waals surface area contributed by atoms with Crippen LogP contribution >= 0.6 is 0 Å². The normalized spacial score (nSPS) is 19.6. The fourth-order valence-electron chi connectivity index (χ4n) is 3.72. The second-order valence-electron chi connectivity index (χ2n) is 7.61. The van der Waals surface area contributed by atoms with Gasteiger partial charge in [0.1, 0.15) is 0 Å². The van der Waals surface area contributed by atoms with Crippen LogP contribution in [0, 0.1) is 5.41 Å². The molecule has 1 saturated heterocycles. The summed E-state index contributed by atoms with van der Waals surface area (Å²) in [4.78, 5) is 23.3. The molecular formula is C20H23N5O. The number of nitrogens with zero attached hydrogens (tertiary/aromatic N) is 5. The molecule has 1 aliphatic heterocycles. The van der Waals surface area contributed by atoms with Crippen LogP contribution in [-0.2, 0) is 11.2 Å². The molecule has 0 bridgehead atoms. The molecule has 6 nitrogen and oxygen atoms in total. The van der Waals surface area contributed by atoms with E-state index < -0.39 is 0 Å². The van der Waals surface area contributed by atoms with Crippen LogP contribution in [0.1, 0.15) is 37.6 Å². The molecule has 1 atom stereocenters. The Morgan fingerprint density at radius 3 is 2.81 bits per heavy atom. The first-order chi connectivity index (χ1) is 12.5. The Balaban J connectivity index is 1.51. The Kier molecular flexibility index (Phi) is 4.18.